The van der Waals surface area contributed by atoms with Crippen LogP contribution in [0.2, 0.25) is 0 Å². The Morgan fingerprint density at radius 1 is 1.25 bits per heavy atom. The highest BCUT2D eigenvalue weighted by Crippen LogP contribution is 2.40. The van der Waals surface area contributed by atoms with Gasteiger partial charge in [-0.1, -0.05) is 20.8 Å². The molecule has 4 atom stereocenters. The Bertz CT molecular complexity index is 892. The number of nitrogens with zero attached hydrogens (tertiary/aromatic N) is 3. The summed E-state index contributed by atoms with van der Waals surface area (Å²) in [5, 5.41) is 0. The first kappa shape index (κ1) is 20.8. The molecule has 0 aromatic carbocycles. The molecule has 1 fully saturated rings. The van der Waals surface area contributed by atoms with E-state index in [0.717, 1.165) is 6.42 Å². The molecule has 0 aliphatic carbocycles. The summed E-state index contributed by atoms with van der Waals surface area (Å²) in [6.07, 6.45) is 0.912. The van der Waals surface area contributed by atoms with E-state index in [1.54, 1.807) is 11.7 Å². The lowest BCUT2D eigenvalue weighted by atomic mass is 9.87. The lowest BCUT2D eigenvalue weighted by Crippen LogP contribution is -2.42. The third-order valence-electron chi connectivity index (χ3n) is 4.59. The van der Waals surface area contributed by atoms with Crippen molar-refractivity contribution in [2.24, 2.45) is 5.41 Å². The van der Waals surface area contributed by atoms with E-state index in [0.29, 0.717) is 5.65 Å². The zero-order valence-corrected chi connectivity index (χ0v) is 17.6. The van der Waals surface area contributed by atoms with Crippen molar-refractivity contribution in [1.82, 2.24) is 19.5 Å². The van der Waals surface area contributed by atoms with Crippen molar-refractivity contribution >= 4 is 17.1 Å². The van der Waals surface area contributed by atoms with Gasteiger partial charge in [0, 0.05) is 7.11 Å². The van der Waals surface area contributed by atoms with Crippen molar-refractivity contribution in [3.8, 4) is 0 Å². The van der Waals surface area contributed by atoms with Crippen LogP contribution in [0.3, 0.4) is 0 Å². The Morgan fingerprint density at radius 3 is 2.50 bits per heavy atom. The molecule has 9 heteroatoms. The Kier molecular flexibility index (Phi) is 5.28. The maximum absolute atomic E-state index is 12.1. The summed E-state index contributed by atoms with van der Waals surface area (Å²) in [5.74, 6) is 0.0277. The number of aromatic nitrogens is 4. The highest BCUT2D eigenvalue weighted by atomic mass is 16.6. The lowest BCUT2D eigenvalue weighted by molar-refractivity contribution is -0.123. The third-order valence-corrected chi connectivity index (χ3v) is 4.59. The summed E-state index contributed by atoms with van der Waals surface area (Å²) in [6.45, 7) is 12.5. The van der Waals surface area contributed by atoms with Crippen LogP contribution in [0.5, 0.6) is 0 Å². The van der Waals surface area contributed by atoms with Gasteiger partial charge in [0.2, 0.25) is 5.95 Å². The molecule has 0 spiro atoms. The van der Waals surface area contributed by atoms with Crippen molar-refractivity contribution in [3.05, 3.63) is 16.7 Å². The van der Waals surface area contributed by atoms with Gasteiger partial charge < -0.3 is 19.9 Å². The van der Waals surface area contributed by atoms with Crippen LogP contribution < -0.4 is 11.3 Å². The number of hydrogen-bond acceptors (Lipinski definition) is 7. The van der Waals surface area contributed by atoms with Gasteiger partial charge >= 0.3 is 0 Å². The number of nitrogens with one attached hydrogen (secondary N) is 1. The van der Waals surface area contributed by atoms with Gasteiger partial charge in [-0.15, -0.1) is 0 Å². The second-order valence-electron chi connectivity index (χ2n) is 9.50. The Balaban J connectivity index is 2.04. The monoisotopic (exact) mass is 393 g/mol. The summed E-state index contributed by atoms with van der Waals surface area (Å²) in [4.78, 5) is 23.0. The van der Waals surface area contributed by atoms with E-state index >= 15 is 0 Å². The smallest absolute Gasteiger partial charge is 0.280 e. The van der Waals surface area contributed by atoms with E-state index in [9.17, 15) is 4.79 Å². The van der Waals surface area contributed by atoms with E-state index in [-0.39, 0.29) is 40.2 Å². The molecule has 0 radical (unpaired) electrons. The first-order chi connectivity index (χ1) is 12.9. The zero-order chi connectivity index (χ0) is 20.9. The molecule has 2 aromatic rings. The number of H-pyrrole nitrogens is 1. The number of rotatable bonds is 4. The second-order valence-corrected chi connectivity index (χ2v) is 9.50. The largest absolute Gasteiger partial charge is 0.374 e. The minimum atomic E-state index is -0.539. The predicted molar refractivity (Wildman–Crippen MR) is 106 cm³/mol. The number of imidazole rings is 1. The van der Waals surface area contributed by atoms with Crippen LogP contribution in [0.25, 0.3) is 11.2 Å². The van der Waals surface area contributed by atoms with Crippen molar-refractivity contribution in [2.75, 3.05) is 12.8 Å². The number of anilines is 1. The molecule has 2 aromatic heterocycles. The van der Waals surface area contributed by atoms with Crippen molar-refractivity contribution < 1.29 is 14.2 Å². The van der Waals surface area contributed by atoms with Crippen LogP contribution in [-0.2, 0) is 14.2 Å². The summed E-state index contributed by atoms with van der Waals surface area (Å²) in [5.41, 5.74) is 5.58. The molecule has 156 valence electrons. The number of fused-ring (bicyclic) bond motifs is 1. The fraction of sp³-hybridized carbons (Fsp3) is 0.737. The van der Waals surface area contributed by atoms with Crippen LogP contribution >= 0.6 is 0 Å². The molecule has 1 unspecified atom stereocenters. The fourth-order valence-corrected chi connectivity index (χ4v) is 3.63. The SMILES string of the molecule is COC1[C@@H](OC(C)(C)C)[C@@H](CC(C)(C)C)O[C@H]1n1cnc2c(=O)[nH]c(N)nc21. The van der Waals surface area contributed by atoms with Gasteiger partial charge in [0.25, 0.3) is 5.56 Å². The van der Waals surface area contributed by atoms with Gasteiger partial charge in [-0.2, -0.15) is 4.98 Å². The third kappa shape index (κ3) is 4.21. The first-order valence-electron chi connectivity index (χ1n) is 9.48. The van der Waals surface area contributed by atoms with Crippen LogP contribution in [0, 0.1) is 5.41 Å². The van der Waals surface area contributed by atoms with Crippen LogP contribution in [0.1, 0.15) is 54.2 Å². The van der Waals surface area contributed by atoms with Gasteiger partial charge in [0.05, 0.1) is 18.0 Å². The van der Waals surface area contributed by atoms with Gasteiger partial charge in [0.15, 0.2) is 17.4 Å². The van der Waals surface area contributed by atoms with E-state index in [1.165, 1.54) is 6.33 Å². The lowest BCUT2D eigenvalue weighted by Gasteiger charge is -2.32. The summed E-state index contributed by atoms with van der Waals surface area (Å²) in [7, 11) is 1.63. The molecule has 3 N–H and O–H groups in total. The Hall–Kier alpha value is -1.97. The zero-order valence-electron chi connectivity index (χ0n) is 17.6. The van der Waals surface area contributed by atoms with Gasteiger partial charge in [-0.3, -0.25) is 14.3 Å². The molecule has 0 bridgehead atoms. The van der Waals surface area contributed by atoms with Gasteiger partial charge in [0.1, 0.15) is 12.2 Å². The first-order valence-corrected chi connectivity index (χ1v) is 9.48. The van der Waals surface area contributed by atoms with Crippen LogP contribution in [0.4, 0.5) is 5.95 Å². The van der Waals surface area contributed by atoms with Crippen molar-refractivity contribution in [3.63, 3.8) is 0 Å². The van der Waals surface area contributed by atoms with E-state index in [1.807, 2.05) is 20.8 Å². The summed E-state index contributed by atoms with van der Waals surface area (Å²) < 4.78 is 20.3. The molecule has 0 amide bonds. The highest BCUT2D eigenvalue weighted by Gasteiger charge is 2.49. The Morgan fingerprint density at radius 2 is 1.93 bits per heavy atom. The minimum Gasteiger partial charge on any atom is -0.374 e. The molecule has 3 heterocycles. The maximum atomic E-state index is 12.1. The maximum Gasteiger partial charge on any atom is 0.280 e. The molecule has 1 aliphatic rings. The minimum absolute atomic E-state index is 0.0277. The number of nitrogen functional groups attached to an aromatic ring is 1. The quantitative estimate of drug-likeness (QED) is 0.818. The number of nitrogens with two attached hydrogens (primary N) is 1. The van der Waals surface area contributed by atoms with E-state index in [2.05, 4.69) is 35.7 Å². The molecule has 1 aliphatic heterocycles. The standard InChI is InChI=1S/C19H31N5O4/c1-18(2,3)8-10-12(28-19(4,5)6)13(26-7)16(27-10)24-9-21-11-14(24)22-17(20)23-15(11)25/h9-10,12-13,16H,8H2,1-7H3,(H3,20,22,23,25)/t10-,12+,13?,16-/m1/s1. The number of methoxy groups -OCH3 is 1. The van der Waals surface area contributed by atoms with Gasteiger partial charge in [-0.05, 0) is 32.6 Å². The number of aromatic amines is 1. The Labute approximate surface area is 164 Å². The molecule has 1 saturated heterocycles. The second kappa shape index (κ2) is 7.13. The van der Waals surface area contributed by atoms with Crippen LogP contribution in [-0.4, -0.2) is 50.5 Å². The highest BCUT2D eigenvalue weighted by molar-refractivity contribution is 5.70. The molecular formula is C19H31N5O4. The number of ether oxygens (including phenoxy) is 3. The summed E-state index contributed by atoms with van der Waals surface area (Å²) >= 11 is 0. The topological polar surface area (TPSA) is 117 Å². The molecule has 0 saturated carbocycles. The summed E-state index contributed by atoms with van der Waals surface area (Å²) in [6, 6.07) is 0. The molecule has 9 nitrogen and oxygen atoms in total. The van der Waals surface area contributed by atoms with Crippen molar-refractivity contribution in [2.45, 2.75) is 78.1 Å². The molecular weight excluding hydrogens is 362 g/mol. The molecule has 3 rings (SSSR count). The average Bonchev–Trinajstić information content (AvgIpc) is 3.06. The predicted octanol–water partition coefficient (Wildman–Crippen LogP) is 2.23. The molecule has 28 heavy (non-hydrogen) atoms. The average molecular weight is 393 g/mol. The fourth-order valence-electron chi connectivity index (χ4n) is 3.63. The van der Waals surface area contributed by atoms with Crippen molar-refractivity contribution in [1.29, 1.82) is 0 Å². The number of hydrogen-bond donors (Lipinski definition) is 2. The normalized spacial score (nSPS) is 26.2. The van der Waals surface area contributed by atoms with Crippen LogP contribution in [0.15, 0.2) is 11.1 Å². The van der Waals surface area contributed by atoms with Gasteiger partial charge in [-0.25, -0.2) is 4.98 Å². The van der Waals surface area contributed by atoms with E-state index in [4.69, 9.17) is 19.9 Å². The van der Waals surface area contributed by atoms with E-state index < -0.39 is 12.3 Å².